The van der Waals surface area contributed by atoms with Crippen LogP contribution in [0.25, 0.3) is 0 Å². The first kappa shape index (κ1) is 13.1. The molecule has 4 heteroatoms. The highest BCUT2D eigenvalue weighted by Crippen LogP contribution is 2.64. The number of likely N-dealkylation sites (tertiary alicyclic amines) is 1. The van der Waals surface area contributed by atoms with Gasteiger partial charge >= 0.3 is 0 Å². The summed E-state index contributed by atoms with van der Waals surface area (Å²) in [7, 11) is 3.90. The fourth-order valence-corrected chi connectivity index (χ4v) is 5.91. The normalized spacial score (nSPS) is 38.4. The second-order valence-electron chi connectivity index (χ2n) is 7.47. The summed E-state index contributed by atoms with van der Waals surface area (Å²) in [5, 5.41) is 10.6. The predicted octanol–water partition coefficient (Wildman–Crippen LogP) is 2.46. The first-order chi connectivity index (χ1) is 10.7. The van der Waals surface area contributed by atoms with E-state index in [2.05, 4.69) is 11.9 Å². The lowest BCUT2D eigenvalue weighted by molar-refractivity contribution is -0.0429. The van der Waals surface area contributed by atoms with Gasteiger partial charge in [0.25, 0.3) is 0 Å². The number of benzene rings is 1. The Bertz CT molecular complexity index is 658. The highest BCUT2D eigenvalue weighted by molar-refractivity contribution is 5.65. The van der Waals surface area contributed by atoms with Crippen LogP contribution in [0.15, 0.2) is 6.07 Å². The highest BCUT2D eigenvalue weighted by atomic mass is 16.5. The molecule has 118 valence electrons. The smallest absolute Gasteiger partial charge is 0.166 e. The first-order valence-electron chi connectivity index (χ1n) is 8.47. The molecule has 0 amide bonds. The summed E-state index contributed by atoms with van der Waals surface area (Å²) < 4.78 is 12.0. The van der Waals surface area contributed by atoms with Crippen LogP contribution >= 0.6 is 0 Å². The van der Waals surface area contributed by atoms with Crippen molar-refractivity contribution < 1.29 is 14.6 Å². The number of aromatic hydroxyl groups is 1. The molecule has 2 bridgehead atoms. The molecule has 1 spiro atoms. The molecule has 5 rings (SSSR count). The Balaban J connectivity index is 1.82. The number of hydrogen-bond acceptors (Lipinski definition) is 4. The third-order valence-electron chi connectivity index (χ3n) is 6.81. The third kappa shape index (κ3) is 1.30. The zero-order valence-electron chi connectivity index (χ0n) is 13.3. The minimum Gasteiger partial charge on any atom is -0.508 e. The van der Waals surface area contributed by atoms with E-state index in [-0.39, 0.29) is 11.5 Å². The molecule has 1 saturated carbocycles. The van der Waals surface area contributed by atoms with Gasteiger partial charge in [-0.05, 0) is 51.6 Å². The van der Waals surface area contributed by atoms with E-state index in [9.17, 15) is 5.11 Å². The summed E-state index contributed by atoms with van der Waals surface area (Å²) in [6, 6.07) is 2.29. The SMILES string of the molecule is COc1cc(O)c2c3c1O[C@H]1CCC[C@H]4[C@@H](C2)N(C)CC[C@]314. The Labute approximate surface area is 131 Å². The molecule has 2 aliphatic carbocycles. The second-order valence-corrected chi connectivity index (χ2v) is 7.47. The number of likely N-dealkylation sites (N-methyl/N-ethyl adjacent to an activating group) is 1. The number of phenolic OH excluding ortho intramolecular Hbond substituents is 1. The van der Waals surface area contributed by atoms with Gasteiger partial charge in [-0.25, -0.2) is 0 Å². The van der Waals surface area contributed by atoms with Gasteiger partial charge in [-0.1, -0.05) is 0 Å². The summed E-state index contributed by atoms with van der Waals surface area (Å²) in [5.41, 5.74) is 2.53. The Morgan fingerprint density at radius 2 is 2.27 bits per heavy atom. The van der Waals surface area contributed by atoms with Gasteiger partial charge in [0.1, 0.15) is 11.9 Å². The van der Waals surface area contributed by atoms with E-state index in [0.29, 0.717) is 23.5 Å². The number of rotatable bonds is 1. The van der Waals surface area contributed by atoms with E-state index in [1.54, 1.807) is 13.2 Å². The lowest BCUT2D eigenvalue weighted by atomic mass is 9.52. The Morgan fingerprint density at radius 1 is 1.41 bits per heavy atom. The van der Waals surface area contributed by atoms with Crippen LogP contribution in [0.3, 0.4) is 0 Å². The minimum absolute atomic E-state index is 0.115. The number of nitrogens with zero attached hydrogens (tertiary/aromatic N) is 1. The molecule has 2 aliphatic heterocycles. The molecular weight excluding hydrogens is 278 g/mol. The monoisotopic (exact) mass is 301 g/mol. The Hall–Kier alpha value is -1.42. The number of methoxy groups -OCH3 is 1. The minimum atomic E-state index is 0.115. The van der Waals surface area contributed by atoms with Crippen molar-refractivity contribution in [3.63, 3.8) is 0 Å². The van der Waals surface area contributed by atoms with E-state index in [0.717, 1.165) is 37.1 Å². The lowest BCUT2D eigenvalue weighted by Crippen LogP contribution is -2.63. The van der Waals surface area contributed by atoms with Crippen LogP contribution in [0, 0.1) is 5.92 Å². The van der Waals surface area contributed by atoms with Crippen molar-refractivity contribution in [2.75, 3.05) is 20.7 Å². The summed E-state index contributed by atoms with van der Waals surface area (Å²) in [6.45, 7) is 1.12. The number of piperidine rings is 1. The van der Waals surface area contributed by atoms with Gasteiger partial charge < -0.3 is 19.5 Å². The van der Waals surface area contributed by atoms with Crippen molar-refractivity contribution in [1.29, 1.82) is 0 Å². The van der Waals surface area contributed by atoms with E-state index < -0.39 is 0 Å². The molecular formula is C18H23NO3. The summed E-state index contributed by atoms with van der Waals surface area (Å²) in [4.78, 5) is 2.50. The summed E-state index contributed by atoms with van der Waals surface area (Å²) in [6.07, 6.45) is 6.02. The summed E-state index contributed by atoms with van der Waals surface area (Å²) in [5.74, 6) is 2.68. The van der Waals surface area contributed by atoms with E-state index in [1.165, 1.54) is 18.4 Å². The van der Waals surface area contributed by atoms with Gasteiger partial charge in [0.2, 0.25) is 0 Å². The number of ether oxygens (including phenoxy) is 2. The standard InChI is InChI=1S/C18H23NO3/c1-19-7-6-18-11-4-3-5-15(18)22-17-14(21-2)9-13(20)10(16(17)18)8-12(11)19/h9,11-12,15,20H,3-8H2,1-2H3/t11-,12+,15-,18+/m0/s1. The van der Waals surface area contributed by atoms with E-state index in [4.69, 9.17) is 9.47 Å². The maximum absolute atomic E-state index is 10.6. The van der Waals surface area contributed by atoms with Crippen molar-refractivity contribution in [3.8, 4) is 17.2 Å². The van der Waals surface area contributed by atoms with Crippen LogP contribution in [0.2, 0.25) is 0 Å². The number of phenols is 1. The molecule has 1 aromatic carbocycles. The first-order valence-corrected chi connectivity index (χ1v) is 8.47. The van der Waals surface area contributed by atoms with Crippen molar-refractivity contribution in [3.05, 3.63) is 17.2 Å². The van der Waals surface area contributed by atoms with Crippen molar-refractivity contribution >= 4 is 0 Å². The maximum Gasteiger partial charge on any atom is 0.166 e. The van der Waals surface area contributed by atoms with Crippen LogP contribution in [-0.4, -0.2) is 42.9 Å². The fraction of sp³-hybridized carbons (Fsp3) is 0.667. The Kier molecular flexibility index (Phi) is 2.44. The van der Waals surface area contributed by atoms with Crippen LogP contribution in [-0.2, 0) is 11.8 Å². The topological polar surface area (TPSA) is 41.9 Å². The molecule has 1 saturated heterocycles. The molecule has 4 nitrogen and oxygen atoms in total. The third-order valence-corrected chi connectivity index (χ3v) is 6.81. The van der Waals surface area contributed by atoms with Crippen LogP contribution in [0.1, 0.15) is 36.8 Å². The second kappa shape index (κ2) is 4.10. The van der Waals surface area contributed by atoms with Gasteiger partial charge in [0.15, 0.2) is 11.5 Å². The zero-order chi connectivity index (χ0) is 15.1. The molecule has 0 aromatic heterocycles. The summed E-state index contributed by atoms with van der Waals surface area (Å²) >= 11 is 0. The fourth-order valence-electron chi connectivity index (χ4n) is 5.91. The largest absolute Gasteiger partial charge is 0.508 e. The molecule has 4 aliphatic rings. The number of hydrogen-bond donors (Lipinski definition) is 1. The molecule has 0 unspecified atom stereocenters. The van der Waals surface area contributed by atoms with Gasteiger partial charge in [-0.2, -0.15) is 0 Å². The van der Waals surface area contributed by atoms with Gasteiger partial charge in [-0.15, -0.1) is 0 Å². The molecule has 4 atom stereocenters. The van der Waals surface area contributed by atoms with Crippen LogP contribution < -0.4 is 9.47 Å². The maximum atomic E-state index is 10.6. The van der Waals surface area contributed by atoms with Crippen LogP contribution in [0.5, 0.6) is 17.2 Å². The molecule has 1 N–H and O–H groups in total. The highest BCUT2D eigenvalue weighted by Gasteiger charge is 2.63. The molecule has 2 fully saturated rings. The van der Waals surface area contributed by atoms with E-state index >= 15 is 0 Å². The van der Waals surface area contributed by atoms with Crippen molar-refractivity contribution in [2.45, 2.75) is 49.7 Å². The van der Waals surface area contributed by atoms with Crippen molar-refractivity contribution in [1.82, 2.24) is 4.90 Å². The zero-order valence-corrected chi connectivity index (χ0v) is 13.3. The average Bonchev–Trinajstić information content (AvgIpc) is 2.85. The lowest BCUT2D eigenvalue weighted by Gasteiger charge is -2.57. The Morgan fingerprint density at radius 3 is 3.09 bits per heavy atom. The average molecular weight is 301 g/mol. The van der Waals surface area contributed by atoms with Gasteiger partial charge in [0, 0.05) is 28.7 Å². The van der Waals surface area contributed by atoms with Gasteiger partial charge in [-0.3, -0.25) is 0 Å². The molecule has 1 aromatic rings. The van der Waals surface area contributed by atoms with Crippen LogP contribution in [0.4, 0.5) is 0 Å². The van der Waals surface area contributed by atoms with Crippen molar-refractivity contribution in [2.24, 2.45) is 5.92 Å². The van der Waals surface area contributed by atoms with E-state index in [1.807, 2.05) is 0 Å². The quantitative estimate of drug-likeness (QED) is 0.865. The predicted molar refractivity (Wildman–Crippen MR) is 82.8 cm³/mol. The molecule has 22 heavy (non-hydrogen) atoms. The molecule has 0 radical (unpaired) electrons. The van der Waals surface area contributed by atoms with Gasteiger partial charge in [0.05, 0.1) is 7.11 Å². The molecule has 2 heterocycles.